The van der Waals surface area contributed by atoms with Gasteiger partial charge in [-0.25, -0.2) is 4.98 Å². The van der Waals surface area contributed by atoms with E-state index in [0.717, 1.165) is 22.3 Å². The van der Waals surface area contributed by atoms with E-state index in [0.29, 0.717) is 34.7 Å². The van der Waals surface area contributed by atoms with Crippen LogP contribution in [0.4, 0.5) is 5.82 Å². The van der Waals surface area contributed by atoms with Crippen molar-refractivity contribution in [3.63, 3.8) is 0 Å². The van der Waals surface area contributed by atoms with Crippen LogP contribution in [0, 0.1) is 0 Å². The van der Waals surface area contributed by atoms with E-state index < -0.39 is 24.2 Å². The number of nitrogens with zero attached hydrogens (tertiary/aromatic N) is 1. The number of fused-ring (bicyclic) bond motifs is 3. The molecule has 0 spiro atoms. The first-order chi connectivity index (χ1) is 17.7. The maximum Gasteiger partial charge on any atom is 0.256 e. The average molecular weight is 501 g/mol. The number of aliphatic hydroxyl groups excluding tert-OH is 3. The monoisotopic (exact) mass is 500 g/mol. The first-order valence-corrected chi connectivity index (χ1v) is 12.1. The minimum absolute atomic E-state index is 0.0731. The number of carbonyl (C=O) groups is 2. The Morgan fingerprint density at radius 1 is 1.08 bits per heavy atom. The topological polar surface area (TPSA) is 129 Å². The molecule has 0 bridgehead atoms. The second kappa shape index (κ2) is 9.55. The molecule has 190 valence electrons. The minimum atomic E-state index is -1.30. The number of Topliss-reactive ketones (excluding diaryl/α,β-unsaturated/α-hetero) is 1. The number of ketones is 1. The van der Waals surface area contributed by atoms with Crippen molar-refractivity contribution >= 4 is 23.1 Å². The van der Waals surface area contributed by atoms with Gasteiger partial charge in [0.25, 0.3) is 5.91 Å². The number of allylic oxidation sites excluding steroid dienone is 2. The van der Waals surface area contributed by atoms with Gasteiger partial charge in [-0.1, -0.05) is 26.0 Å². The molecular formula is C29H28N2O6. The van der Waals surface area contributed by atoms with Gasteiger partial charge < -0.3 is 25.4 Å². The highest BCUT2D eigenvalue weighted by molar-refractivity contribution is 6.33. The molecule has 1 heterocycles. The van der Waals surface area contributed by atoms with Crippen molar-refractivity contribution in [3.05, 3.63) is 94.2 Å². The molecule has 0 saturated heterocycles. The Bertz CT molecular complexity index is 1410. The molecule has 1 aromatic heterocycles. The van der Waals surface area contributed by atoms with E-state index in [1.54, 1.807) is 48.7 Å². The number of nitrogens with one attached hydrogen (secondary N) is 1. The number of carbonyl (C=O) groups excluding carboxylic acids is 2. The van der Waals surface area contributed by atoms with Gasteiger partial charge in [-0.15, -0.1) is 0 Å². The largest absolute Gasteiger partial charge is 0.491 e. The number of pyridine rings is 1. The molecule has 4 N–H and O–H groups in total. The van der Waals surface area contributed by atoms with Crippen LogP contribution in [-0.4, -0.2) is 57.4 Å². The van der Waals surface area contributed by atoms with Gasteiger partial charge in [0.05, 0.1) is 6.61 Å². The molecule has 3 aromatic rings. The van der Waals surface area contributed by atoms with Gasteiger partial charge in [0.1, 0.15) is 30.4 Å². The van der Waals surface area contributed by atoms with Crippen molar-refractivity contribution in [2.24, 2.45) is 0 Å². The van der Waals surface area contributed by atoms with Crippen LogP contribution in [0.15, 0.2) is 66.4 Å². The molecule has 2 aliphatic carbocycles. The molecule has 0 fully saturated rings. The molecule has 1 amide bonds. The van der Waals surface area contributed by atoms with E-state index in [-0.39, 0.29) is 18.3 Å². The first-order valence-electron chi connectivity index (χ1n) is 12.1. The van der Waals surface area contributed by atoms with Crippen LogP contribution in [0.1, 0.15) is 51.3 Å². The van der Waals surface area contributed by atoms with Crippen LogP contribution in [0.25, 0.3) is 5.57 Å². The van der Waals surface area contributed by atoms with Crippen LogP contribution in [0.5, 0.6) is 5.75 Å². The van der Waals surface area contributed by atoms with Crippen molar-refractivity contribution in [2.45, 2.75) is 37.9 Å². The lowest BCUT2D eigenvalue weighted by atomic mass is 9.68. The summed E-state index contributed by atoms with van der Waals surface area (Å²) in [4.78, 5) is 30.6. The summed E-state index contributed by atoms with van der Waals surface area (Å²) < 4.78 is 5.65. The standard InChI is InChI=1S/C29H28N2O6/c1-29(2)21-13-18(37-15-24(34)23(33)14-32)7-9-20(21)27(35)26-19-8-6-16(11-17(19)12-22(26)29)28(36)31-25-5-3-4-10-30-25/h3-11,13,23-24,32-34H,12,14-15H2,1-2H3,(H,30,31,36)/t23-,24-/m1/s1. The molecule has 37 heavy (non-hydrogen) atoms. The summed E-state index contributed by atoms with van der Waals surface area (Å²) in [6, 6.07) is 15.9. The predicted octanol–water partition coefficient (Wildman–Crippen LogP) is 2.91. The van der Waals surface area contributed by atoms with Crippen LogP contribution in [0.3, 0.4) is 0 Å². The average Bonchev–Trinajstić information content (AvgIpc) is 3.31. The van der Waals surface area contributed by atoms with Gasteiger partial charge >= 0.3 is 0 Å². The zero-order chi connectivity index (χ0) is 26.3. The molecule has 2 aromatic carbocycles. The lowest BCUT2D eigenvalue weighted by molar-refractivity contribution is -0.0339. The number of hydrogen-bond donors (Lipinski definition) is 4. The Hall–Kier alpha value is -3.85. The fourth-order valence-electron chi connectivity index (χ4n) is 5.02. The van der Waals surface area contributed by atoms with Crippen molar-refractivity contribution in [1.82, 2.24) is 4.98 Å². The molecule has 0 unspecified atom stereocenters. The quantitative estimate of drug-likeness (QED) is 0.393. The molecule has 8 heteroatoms. The van der Waals surface area contributed by atoms with Crippen molar-refractivity contribution in [2.75, 3.05) is 18.5 Å². The van der Waals surface area contributed by atoms with Crippen LogP contribution >= 0.6 is 0 Å². The van der Waals surface area contributed by atoms with Gasteiger partial charge in [-0.2, -0.15) is 0 Å². The number of hydrogen-bond acceptors (Lipinski definition) is 7. The second-order valence-electron chi connectivity index (χ2n) is 9.86. The van der Waals surface area contributed by atoms with Crippen molar-refractivity contribution in [3.8, 4) is 5.75 Å². The fraction of sp³-hybridized carbons (Fsp3) is 0.276. The molecule has 8 nitrogen and oxygen atoms in total. The lowest BCUT2D eigenvalue weighted by Crippen LogP contribution is -2.34. The molecule has 0 radical (unpaired) electrons. The van der Waals surface area contributed by atoms with Gasteiger partial charge in [0.15, 0.2) is 5.78 Å². The maximum absolute atomic E-state index is 13.6. The molecule has 5 rings (SSSR count). The highest BCUT2D eigenvalue weighted by Crippen LogP contribution is 2.50. The van der Waals surface area contributed by atoms with Crippen molar-refractivity contribution in [1.29, 1.82) is 0 Å². The number of aliphatic hydroxyl groups is 3. The number of aromatic nitrogens is 1. The summed E-state index contributed by atoms with van der Waals surface area (Å²) in [6.45, 7) is 3.35. The van der Waals surface area contributed by atoms with E-state index in [1.165, 1.54) is 0 Å². The van der Waals surface area contributed by atoms with Gasteiger partial charge in [-0.3, -0.25) is 9.59 Å². The van der Waals surface area contributed by atoms with E-state index in [4.69, 9.17) is 9.84 Å². The third kappa shape index (κ3) is 4.44. The minimum Gasteiger partial charge on any atom is -0.491 e. The zero-order valence-electron chi connectivity index (χ0n) is 20.6. The first kappa shape index (κ1) is 24.8. The molecule has 2 atom stereocenters. The fourth-order valence-corrected chi connectivity index (χ4v) is 5.02. The Balaban J connectivity index is 1.41. The number of benzene rings is 2. The number of ether oxygens (including phenoxy) is 1. The predicted molar refractivity (Wildman–Crippen MR) is 138 cm³/mol. The van der Waals surface area contributed by atoms with Gasteiger partial charge in [0, 0.05) is 28.3 Å². The Kier molecular flexibility index (Phi) is 6.41. The molecule has 2 aliphatic rings. The zero-order valence-corrected chi connectivity index (χ0v) is 20.6. The molecular weight excluding hydrogens is 472 g/mol. The summed E-state index contributed by atoms with van der Waals surface area (Å²) in [5, 5.41) is 31.3. The van der Waals surface area contributed by atoms with Crippen LogP contribution in [0.2, 0.25) is 0 Å². The number of amides is 1. The van der Waals surface area contributed by atoms with E-state index >= 15 is 0 Å². The Labute approximate surface area is 214 Å². The Morgan fingerprint density at radius 3 is 2.59 bits per heavy atom. The van der Waals surface area contributed by atoms with Crippen LogP contribution in [-0.2, 0) is 11.8 Å². The SMILES string of the molecule is CC1(C)C2=C(C(=O)c3ccc(OC[C@@H](O)[C@H](O)CO)cc31)c1ccc(C(=O)Nc3ccccn3)cc1C2. The maximum atomic E-state index is 13.6. The summed E-state index contributed by atoms with van der Waals surface area (Å²) in [7, 11) is 0. The Morgan fingerprint density at radius 2 is 1.86 bits per heavy atom. The van der Waals surface area contributed by atoms with Crippen molar-refractivity contribution < 1.29 is 29.6 Å². The van der Waals surface area contributed by atoms with Crippen LogP contribution < -0.4 is 10.1 Å². The highest BCUT2D eigenvalue weighted by atomic mass is 16.5. The summed E-state index contributed by atoms with van der Waals surface area (Å²) in [5.41, 5.74) is 4.82. The smallest absolute Gasteiger partial charge is 0.256 e. The third-order valence-electron chi connectivity index (χ3n) is 7.15. The van der Waals surface area contributed by atoms with E-state index in [2.05, 4.69) is 24.1 Å². The molecule has 0 saturated carbocycles. The third-order valence-corrected chi connectivity index (χ3v) is 7.15. The number of rotatable bonds is 7. The summed E-state index contributed by atoms with van der Waals surface area (Å²) in [6.07, 6.45) is -0.381. The van der Waals surface area contributed by atoms with Gasteiger partial charge in [0.2, 0.25) is 0 Å². The summed E-state index contributed by atoms with van der Waals surface area (Å²) >= 11 is 0. The van der Waals surface area contributed by atoms with E-state index in [9.17, 15) is 19.8 Å². The second-order valence-corrected chi connectivity index (χ2v) is 9.86. The molecule has 0 aliphatic heterocycles. The number of anilines is 1. The lowest BCUT2D eigenvalue weighted by Gasteiger charge is -2.34. The van der Waals surface area contributed by atoms with Gasteiger partial charge in [-0.05, 0) is 71.1 Å². The highest BCUT2D eigenvalue weighted by Gasteiger charge is 2.43. The van der Waals surface area contributed by atoms with E-state index in [1.807, 2.05) is 12.1 Å². The normalized spacial score (nSPS) is 16.9. The summed E-state index contributed by atoms with van der Waals surface area (Å²) in [5.74, 6) is 0.581.